The van der Waals surface area contributed by atoms with Gasteiger partial charge in [0.15, 0.2) is 0 Å². The number of hydrogen-bond acceptors (Lipinski definition) is 2. The van der Waals surface area contributed by atoms with Gasteiger partial charge < -0.3 is 5.32 Å². The normalized spacial score (nSPS) is 9.93. The third-order valence-electron chi connectivity index (χ3n) is 1.84. The summed E-state index contributed by atoms with van der Waals surface area (Å²) in [5.41, 5.74) is 1.14. The molecule has 1 amide bonds. The quantitative estimate of drug-likeness (QED) is 0.818. The third kappa shape index (κ3) is 2.35. The number of halogens is 1. The SMILES string of the molecule is O=C(Nc1cn[nH]c1)c1cccc(Cl)c1. The molecule has 2 aromatic rings. The number of carbonyl (C=O) groups is 1. The number of aromatic nitrogens is 2. The fourth-order valence-electron chi connectivity index (χ4n) is 1.15. The first-order valence-electron chi connectivity index (χ1n) is 4.31. The number of nitrogens with zero attached hydrogens (tertiary/aromatic N) is 1. The van der Waals surface area contributed by atoms with E-state index in [0.717, 1.165) is 0 Å². The standard InChI is InChI=1S/C10H8ClN3O/c11-8-3-1-2-7(4-8)10(15)14-9-5-12-13-6-9/h1-6H,(H,12,13)(H,14,15). The van der Waals surface area contributed by atoms with Crippen molar-refractivity contribution in [3.8, 4) is 0 Å². The van der Waals surface area contributed by atoms with Gasteiger partial charge in [-0.05, 0) is 18.2 Å². The predicted molar refractivity (Wildman–Crippen MR) is 58.0 cm³/mol. The maximum atomic E-state index is 11.7. The lowest BCUT2D eigenvalue weighted by Gasteiger charge is -2.01. The van der Waals surface area contributed by atoms with Gasteiger partial charge in [0.05, 0.1) is 11.9 Å². The Balaban J connectivity index is 2.15. The number of H-pyrrole nitrogens is 1. The van der Waals surface area contributed by atoms with Gasteiger partial charge >= 0.3 is 0 Å². The number of aromatic amines is 1. The molecule has 2 N–H and O–H groups in total. The lowest BCUT2D eigenvalue weighted by Crippen LogP contribution is -2.11. The number of hydrogen-bond donors (Lipinski definition) is 2. The maximum absolute atomic E-state index is 11.7. The molecule has 1 aromatic heterocycles. The van der Waals surface area contributed by atoms with Crippen LogP contribution < -0.4 is 5.32 Å². The van der Waals surface area contributed by atoms with Gasteiger partial charge in [-0.25, -0.2) is 0 Å². The molecule has 0 aliphatic heterocycles. The number of benzene rings is 1. The molecule has 2 rings (SSSR count). The average molecular weight is 222 g/mol. The summed E-state index contributed by atoms with van der Waals surface area (Å²) in [5, 5.41) is 9.54. The van der Waals surface area contributed by atoms with Crippen molar-refractivity contribution < 1.29 is 4.79 Å². The van der Waals surface area contributed by atoms with Crippen LogP contribution in [0.4, 0.5) is 5.69 Å². The lowest BCUT2D eigenvalue weighted by molar-refractivity contribution is 0.102. The van der Waals surface area contributed by atoms with Gasteiger partial charge in [0.1, 0.15) is 0 Å². The zero-order valence-corrected chi connectivity index (χ0v) is 8.45. The van der Waals surface area contributed by atoms with Gasteiger partial charge in [-0.1, -0.05) is 17.7 Å². The van der Waals surface area contributed by atoms with Crippen LogP contribution in [0.1, 0.15) is 10.4 Å². The minimum atomic E-state index is -0.209. The minimum absolute atomic E-state index is 0.209. The van der Waals surface area contributed by atoms with Gasteiger partial charge in [-0.15, -0.1) is 0 Å². The van der Waals surface area contributed by atoms with E-state index in [1.807, 2.05) is 0 Å². The van der Waals surface area contributed by atoms with Crippen molar-refractivity contribution in [2.45, 2.75) is 0 Å². The Hall–Kier alpha value is -1.81. The van der Waals surface area contributed by atoms with Crippen molar-refractivity contribution in [1.29, 1.82) is 0 Å². The molecule has 0 aliphatic rings. The summed E-state index contributed by atoms with van der Waals surface area (Å²) in [4.78, 5) is 11.7. The summed E-state index contributed by atoms with van der Waals surface area (Å²) < 4.78 is 0. The van der Waals surface area contributed by atoms with E-state index in [2.05, 4.69) is 15.5 Å². The molecule has 0 aliphatic carbocycles. The summed E-state index contributed by atoms with van der Waals surface area (Å²) >= 11 is 5.77. The highest BCUT2D eigenvalue weighted by Gasteiger charge is 2.06. The fraction of sp³-hybridized carbons (Fsp3) is 0. The van der Waals surface area contributed by atoms with E-state index in [0.29, 0.717) is 16.3 Å². The topological polar surface area (TPSA) is 57.8 Å². The summed E-state index contributed by atoms with van der Waals surface area (Å²) in [5.74, 6) is -0.209. The van der Waals surface area contributed by atoms with Crippen molar-refractivity contribution in [2.24, 2.45) is 0 Å². The van der Waals surface area contributed by atoms with Crippen LogP contribution in [0.15, 0.2) is 36.7 Å². The lowest BCUT2D eigenvalue weighted by atomic mass is 10.2. The van der Waals surface area contributed by atoms with E-state index < -0.39 is 0 Å². The Morgan fingerprint density at radius 1 is 1.47 bits per heavy atom. The second kappa shape index (κ2) is 4.14. The average Bonchev–Trinajstić information content (AvgIpc) is 2.70. The highest BCUT2D eigenvalue weighted by Crippen LogP contribution is 2.12. The molecular weight excluding hydrogens is 214 g/mol. The first-order chi connectivity index (χ1) is 7.25. The van der Waals surface area contributed by atoms with E-state index >= 15 is 0 Å². The van der Waals surface area contributed by atoms with Crippen molar-refractivity contribution in [3.05, 3.63) is 47.2 Å². The zero-order valence-electron chi connectivity index (χ0n) is 7.70. The van der Waals surface area contributed by atoms with Crippen LogP contribution in [0.5, 0.6) is 0 Å². The van der Waals surface area contributed by atoms with Crippen LogP contribution in [0, 0.1) is 0 Å². The van der Waals surface area contributed by atoms with E-state index in [4.69, 9.17) is 11.6 Å². The summed E-state index contributed by atoms with van der Waals surface area (Å²) in [7, 11) is 0. The summed E-state index contributed by atoms with van der Waals surface area (Å²) in [6, 6.07) is 6.75. The molecule has 0 spiro atoms. The predicted octanol–water partition coefficient (Wildman–Crippen LogP) is 2.32. The largest absolute Gasteiger partial charge is 0.319 e. The summed E-state index contributed by atoms with van der Waals surface area (Å²) in [6.07, 6.45) is 3.13. The molecule has 0 fully saturated rings. The van der Waals surface area contributed by atoms with Crippen LogP contribution in [0.3, 0.4) is 0 Å². The molecule has 0 saturated heterocycles. The number of carbonyl (C=O) groups excluding carboxylic acids is 1. The van der Waals surface area contributed by atoms with Crippen molar-refractivity contribution in [1.82, 2.24) is 10.2 Å². The molecule has 0 radical (unpaired) electrons. The Morgan fingerprint density at radius 2 is 2.33 bits per heavy atom. The molecule has 5 heteroatoms. The van der Waals surface area contributed by atoms with Crippen molar-refractivity contribution in [3.63, 3.8) is 0 Å². The van der Waals surface area contributed by atoms with Crippen molar-refractivity contribution in [2.75, 3.05) is 5.32 Å². The van der Waals surface area contributed by atoms with E-state index in [9.17, 15) is 4.79 Å². The Morgan fingerprint density at radius 3 is 3.00 bits per heavy atom. The number of nitrogens with one attached hydrogen (secondary N) is 2. The number of amides is 1. The van der Waals surface area contributed by atoms with E-state index in [1.165, 1.54) is 6.20 Å². The van der Waals surface area contributed by atoms with Crippen LogP contribution in [-0.4, -0.2) is 16.1 Å². The fourth-order valence-corrected chi connectivity index (χ4v) is 1.34. The summed E-state index contributed by atoms with van der Waals surface area (Å²) in [6.45, 7) is 0. The van der Waals surface area contributed by atoms with Crippen LogP contribution in [0.2, 0.25) is 5.02 Å². The number of anilines is 1. The van der Waals surface area contributed by atoms with Gasteiger partial charge in [0.25, 0.3) is 5.91 Å². The maximum Gasteiger partial charge on any atom is 0.255 e. The molecule has 76 valence electrons. The number of rotatable bonds is 2. The molecule has 0 bridgehead atoms. The van der Waals surface area contributed by atoms with Gasteiger partial charge in [-0.3, -0.25) is 9.89 Å². The van der Waals surface area contributed by atoms with Gasteiger partial charge in [0, 0.05) is 16.8 Å². The molecule has 0 saturated carbocycles. The molecule has 0 unspecified atom stereocenters. The highest BCUT2D eigenvalue weighted by atomic mass is 35.5. The zero-order chi connectivity index (χ0) is 10.7. The minimum Gasteiger partial charge on any atom is -0.319 e. The monoisotopic (exact) mass is 221 g/mol. The van der Waals surface area contributed by atoms with Crippen LogP contribution in [0.25, 0.3) is 0 Å². The Bertz CT molecular complexity index is 467. The van der Waals surface area contributed by atoms with E-state index in [1.54, 1.807) is 30.5 Å². The van der Waals surface area contributed by atoms with Gasteiger partial charge in [-0.2, -0.15) is 5.10 Å². The molecule has 1 heterocycles. The second-order valence-corrected chi connectivity index (χ2v) is 3.39. The molecule has 4 nitrogen and oxygen atoms in total. The second-order valence-electron chi connectivity index (χ2n) is 2.95. The first kappa shape index (κ1) is 9.73. The van der Waals surface area contributed by atoms with E-state index in [-0.39, 0.29) is 5.91 Å². The molecule has 0 atom stereocenters. The van der Waals surface area contributed by atoms with Gasteiger partial charge in [0.2, 0.25) is 0 Å². The Labute approximate surface area is 91.3 Å². The molecular formula is C10H8ClN3O. The van der Waals surface area contributed by atoms with Crippen LogP contribution >= 0.6 is 11.6 Å². The molecule has 1 aromatic carbocycles. The molecule has 15 heavy (non-hydrogen) atoms. The van der Waals surface area contributed by atoms with Crippen LogP contribution in [-0.2, 0) is 0 Å². The highest BCUT2D eigenvalue weighted by molar-refractivity contribution is 6.31. The van der Waals surface area contributed by atoms with Crippen molar-refractivity contribution >= 4 is 23.2 Å². The smallest absolute Gasteiger partial charge is 0.255 e. The first-order valence-corrected chi connectivity index (χ1v) is 4.69. The third-order valence-corrected chi connectivity index (χ3v) is 2.08. The Kier molecular flexibility index (Phi) is 2.69.